The Kier molecular flexibility index (Phi) is 5.95. The van der Waals surface area contributed by atoms with Gasteiger partial charge < -0.3 is 4.98 Å². The smallest absolute Gasteiger partial charge is 0.177 e. The van der Waals surface area contributed by atoms with Gasteiger partial charge in [0.05, 0.1) is 11.8 Å². The predicted octanol–water partition coefficient (Wildman–Crippen LogP) is 1.91. The number of aromatic amines is 1. The van der Waals surface area contributed by atoms with E-state index in [4.69, 9.17) is 0 Å². The van der Waals surface area contributed by atoms with Crippen molar-refractivity contribution in [2.45, 2.75) is 0 Å². The molecular formula is C14H13N7. The SMILES string of the molecule is c1cnc2nc[nH]c2c1.c1cnccn1.c1cncnc1. The Morgan fingerprint density at radius 3 is 1.86 bits per heavy atom. The van der Waals surface area contributed by atoms with Crippen LogP contribution >= 0.6 is 0 Å². The maximum atomic E-state index is 4.00. The number of hydrogen-bond acceptors (Lipinski definition) is 6. The van der Waals surface area contributed by atoms with Gasteiger partial charge in [0.2, 0.25) is 0 Å². The summed E-state index contributed by atoms with van der Waals surface area (Å²) in [6.45, 7) is 0. The van der Waals surface area contributed by atoms with Crippen LogP contribution in [-0.4, -0.2) is 34.9 Å². The molecule has 0 spiro atoms. The Morgan fingerprint density at radius 2 is 1.38 bits per heavy atom. The van der Waals surface area contributed by atoms with Crippen LogP contribution in [0.2, 0.25) is 0 Å². The second kappa shape index (κ2) is 8.81. The summed E-state index contributed by atoms with van der Waals surface area (Å²) in [7, 11) is 0. The van der Waals surface area contributed by atoms with Crippen LogP contribution in [0.4, 0.5) is 0 Å². The van der Waals surface area contributed by atoms with Crippen molar-refractivity contribution in [2.24, 2.45) is 0 Å². The number of nitrogens with zero attached hydrogens (tertiary/aromatic N) is 6. The van der Waals surface area contributed by atoms with E-state index >= 15 is 0 Å². The number of imidazole rings is 1. The molecule has 0 aliphatic heterocycles. The average Bonchev–Trinajstić information content (AvgIpc) is 3.08. The maximum absolute atomic E-state index is 4.00. The van der Waals surface area contributed by atoms with E-state index in [0.717, 1.165) is 11.2 Å². The van der Waals surface area contributed by atoms with Crippen molar-refractivity contribution in [2.75, 3.05) is 0 Å². The Balaban J connectivity index is 0.000000120. The number of fused-ring (bicyclic) bond motifs is 1. The van der Waals surface area contributed by atoms with Crippen molar-refractivity contribution in [1.29, 1.82) is 0 Å². The molecule has 4 aromatic heterocycles. The minimum absolute atomic E-state index is 0.775. The third-order valence-electron chi connectivity index (χ3n) is 2.15. The zero-order valence-electron chi connectivity index (χ0n) is 11.1. The van der Waals surface area contributed by atoms with Gasteiger partial charge in [-0.3, -0.25) is 9.97 Å². The van der Waals surface area contributed by atoms with Gasteiger partial charge in [0.1, 0.15) is 6.33 Å². The summed E-state index contributed by atoms with van der Waals surface area (Å²) in [6, 6.07) is 5.59. The molecule has 104 valence electrons. The lowest BCUT2D eigenvalue weighted by molar-refractivity contribution is 1.17. The standard InChI is InChI=1S/C6H5N3.2C4H4N2/c1-2-5-6(7-3-1)9-4-8-5;1-2-6-4-3-5-1;1-2-5-4-6-3-1/h1-4H,(H,7,8,9);2*1-4H. The van der Waals surface area contributed by atoms with E-state index in [0.29, 0.717) is 0 Å². The normalized spacial score (nSPS) is 8.95. The quantitative estimate of drug-likeness (QED) is 0.528. The van der Waals surface area contributed by atoms with Crippen LogP contribution in [0.25, 0.3) is 11.2 Å². The first-order valence-electron chi connectivity index (χ1n) is 6.11. The molecule has 0 saturated carbocycles. The van der Waals surface area contributed by atoms with E-state index in [2.05, 4.69) is 34.9 Å². The first-order valence-corrected chi connectivity index (χ1v) is 6.11. The van der Waals surface area contributed by atoms with E-state index < -0.39 is 0 Å². The Morgan fingerprint density at radius 1 is 0.667 bits per heavy atom. The van der Waals surface area contributed by atoms with Gasteiger partial charge in [-0.05, 0) is 18.2 Å². The molecule has 7 nitrogen and oxygen atoms in total. The van der Waals surface area contributed by atoms with E-state index in [-0.39, 0.29) is 0 Å². The van der Waals surface area contributed by atoms with E-state index in [1.54, 1.807) is 55.8 Å². The fourth-order valence-electron chi connectivity index (χ4n) is 1.28. The molecule has 0 aliphatic carbocycles. The lowest BCUT2D eigenvalue weighted by atomic mass is 10.4. The topological polar surface area (TPSA) is 93.1 Å². The highest BCUT2D eigenvalue weighted by Gasteiger charge is 1.90. The molecule has 0 bridgehead atoms. The summed E-state index contributed by atoms with van der Waals surface area (Å²) in [5.74, 6) is 0. The van der Waals surface area contributed by atoms with Crippen LogP contribution < -0.4 is 0 Å². The number of rotatable bonds is 0. The summed E-state index contributed by atoms with van der Waals surface area (Å²) in [5.41, 5.74) is 1.76. The second-order valence-corrected chi connectivity index (χ2v) is 3.58. The van der Waals surface area contributed by atoms with Gasteiger partial charge >= 0.3 is 0 Å². The second-order valence-electron chi connectivity index (χ2n) is 3.58. The Hall–Kier alpha value is -3.22. The average molecular weight is 279 g/mol. The maximum Gasteiger partial charge on any atom is 0.177 e. The summed E-state index contributed by atoms with van der Waals surface area (Å²) < 4.78 is 0. The van der Waals surface area contributed by atoms with E-state index in [1.165, 1.54) is 6.33 Å². The van der Waals surface area contributed by atoms with Gasteiger partial charge in [0.15, 0.2) is 5.65 Å². The minimum atomic E-state index is 0.775. The van der Waals surface area contributed by atoms with Crippen LogP contribution in [0.5, 0.6) is 0 Å². The molecule has 4 aromatic rings. The van der Waals surface area contributed by atoms with Gasteiger partial charge in [-0.2, -0.15) is 0 Å². The number of hydrogen-bond donors (Lipinski definition) is 1. The molecule has 0 aromatic carbocycles. The van der Waals surface area contributed by atoms with Crippen LogP contribution in [0.15, 0.2) is 74.2 Å². The number of pyridine rings is 1. The number of aromatic nitrogens is 7. The van der Waals surface area contributed by atoms with Crippen molar-refractivity contribution >= 4 is 11.2 Å². The summed E-state index contributed by atoms with van der Waals surface area (Å²) >= 11 is 0. The fourth-order valence-corrected chi connectivity index (χ4v) is 1.28. The van der Waals surface area contributed by atoms with Gasteiger partial charge in [-0.15, -0.1) is 0 Å². The minimum Gasteiger partial charge on any atom is -0.343 e. The van der Waals surface area contributed by atoms with Crippen molar-refractivity contribution < 1.29 is 0 Å². The summed E-state index contributed by atoms with van der Waals surface area (Å²) in [4.78, 5) is 25.7. The molecule has 7 heteroatoms. The number of H-pyrrole nitrogens is 1. The third-order valence-corrected chi connectivity index (χ3v) is 2.15. The van der Waals surface area contributed by atoms with Crippen molar-refractivity contribution in [3.63, 3.8) is 0 Å². The molecule has 0 aliphatic rings. The highest BCUT2D eigenvalue weighted by Crippen LogP contribution is 2.01. The zero-order valence-corrected chi connectivity index (χ0v) is 11.1. The van der Waals surface area contributed by atoms with Gasteiger partial charge in [0, 0.05) is 43.4 Å². The highest BCUT2D eigenvalue weighted by atomic mass is 14.9. The van der Waals surface area contributed by atoms with E-state index in [9.17, 15) is 0 Å². The number of nitrogens with one attached hydrogen (secondary N) is 1. The summed E-state index contributed by atoms with van der Waals surface area (Å²) in [5, 5.41) is 0. The Labute approximate surface area is 121 Å². The van der Waals surface area contributed by atoms with Gasteiger partial charge in [-0.25, -0.2) is 19.9 Å². The molecule has 0 unspecified atom stereocenters. The van der Waals surface area contributed by atoms with Crippen molar-refractivity contribution in [3.8, 4) is 0 Å². The molecule has 0 fully saturated rings. The van der Waals surface area contributed by atoms with E-state index in [1.807, 2.05) is 12.1 Å². The predicted molar refractivity (Wildman–Crippen MR) is 78.0 cm³/mol. The van der Waals surface area contributed by atoms with Crippen molar-refractivity contribution in [3.05, 3.63) is 74.2 Å². The molecule has 0 saturated heterocycles. The highest BCUT2D eigenvalue weighted by molar-refractivity contribution is 5.68. The van der Waals surface area contributed by atoms with Crippen LogP contribution in [0.3, 0.4) is 0 Å². The van der Waals surface area contributed by atoms with Crippen LogP contribution in [-0.2, 0) is 0 Å². The Bertz CT molecular complexity index is 598. The molecule has 0 atom stereocenters. The summed E-state index contributed by atoms with van der Waals surface area (Å²) in [6.07, 6.45) is 14.8. The first kappa shape index (κ1) is 14.2. The van der Waals surface area contributed by atoms with Crippen LogP contribution in [0.1, 0.15) is 0 Å². The molecule has 0 amide bonds. The molecule has 4 heterocycles. The molecule has 21 heavy (non-hydrogen) atoms. The zero-order chi connectivity index (χ0) is 14.6. The largest absolute Gasteiger partial charge is 0.343 e. The molecule has 4 rings (SSSR count). The van der Waals surface area contributed by atoms with Gasteiger partial charge in [-0.1, -0.05) is 0 Å². The van der Waals surface area contributed by atoms with Crippen LogP contribution in [0, 0.1) is 0 Å². The van der Waals surface area contributed by atoms with Crippen molar-refractivity contribution in [1.82, 2.24) is 34.9 Å². The molecule has 0 radical (unpaired) electrons. The fraction of sp³-hybridized carbons (Fsp3) is 0. The molecule has 1 N–H and O–H groups in total. The third kappa shape index (κ3) is 5.52. The lowest BCUT2D eigenvalue weighted by Crippen LogP contribution is -1.71. The molecular weight excluding hydrogens is 266 g/mol. The lowest BCUT2D eigenvalue weighted by Gasteiger charge is -1.80. The monoisotopic (exact) mass is 279 g/mol. The van der Waals surface area contributed by atoms with Gasteiger partial charge in [0.25, 0.3) is 0 Å². The first-order chi connectivity index (χ1) is 10.5.